The van der Waals surface area contributed by atoms with Crippen molar-refractivity contribution in [3.8, 4) is 0 Å². The second-order valence-corrected chi connectivity index (χ2v) is 7.29. The van der Waals surface area contributed by atoms with Crippen molar-refractivity contribution < 1.29 is 22.7 Å². The van der Waals surface area contributed by atoms with Gasteiger partial charge in [-0.05, 0) is 18.1 Å². The lowest BCUT2D eigenvalue weighted by Gasteiger charge is -2.21. The van der Waals surface area contributed by atoms with E-state index in [0.717, 1.165) is 22.9 Å². The fourth-order valence-corrected chi connectivity index (χ4v) is 3.23. The first-order chi connectivity index (χ1) is 9.61. The second-order valence-electron chi connectivity index (χ2n) is 4.87. The first kappa shape index (κ1) is 17.9. The summed E-state index contributed by atoms with van der Waals surface area (Å²) < 4.78 is 39.4. The van der Waals surface area contributed by atoms with E-state index >= 15 is 0 Å². The van der Waals surface area contributed by atoms with E-state index in [1.807, 2.05) is 13.8 Å². The van der Waals surface area contributed by atoms with Gasteiger partial charge < -0.3 is 5.11 Å². The van der Waals surface area contributed by atoms with Crippen molar-refractivity contribution in [2.75, 3.05) is 13.6 Å². The summed E-state index contributed by atoms with van der Waals surface area (Å²) in [4.78, 5) is 10.6. The molecule has 0 saturated heterocycles. The first-order valence-electron chi connectivity index (χ1n) is 6.29. The lowest BCUT2D eigenvalue weighted by Crippen LogP contribution is -2.31. The molecule has 0 aromatic heterocycles. The van der Waals surface area contributed by atoms with Crippen LogP contribution in [0.4, 0.5) is 4.39 Å². The van der Waals surface area contributed by atoms with Gasteiger partial charge in [-0.3, -0.25) is 0 Å². The normalized spacial score (nSPS) is 13.4. The zero-order valence-electron chi connectivity index (χ0n) is 11.9. The molecule has 0 spiro atoms. The van der Waals surface area contributed by atoms with Gasteiger partial charge in [-0.2, -0.15) is 0 Å². The van der Waals surface area contributed by atoms with Crippen LogP contribution in [0.25, 0.3) is 0 Å². The van der Waals surface area contributed by atoms with Crippen LogP contribution in [0.2, 0.25) is 5.02 Å². The van der Waals surface area contributed by atoms with Crippen molar-refractivity contribution in [1.82, 2.24) is 4.31 Å². The Bertz CT molecular complexity index is 648. The van der Waals surface area contributed by atoms with Crippen molar-refractivity contribution in [1.29, 1.82) is 0 Å². The van der Waals surface area contributed by atoms with Crippen LogP contribution in [0.15, 0.2) is 17.0 Å². The Kier molecular flexibility index (Phi) is 5.72. The van der Waals surface area contributed by atoms with Crippen molar-refractivity contribution in [2.24, 2.45) is 5.92 Å². The highest BCUT2D eigenvalue weighted by molar-refractivity contribution is 7.89. The highest BCUT2D eigenvalue weighted by Gasteiger charge is 2.26. The van der Waals surface area contributed by atoms with E-state index in [4.69, 9.17) is 16.7 Å². The summed E-state index contributed by atoms with van der Waals surface area (Å²) in [6.07, 6.45) is 0.787. The van der Waals surface area contributed by atoms with Gasteiger partial charge in [0.15, 0.2) is 0 Å². The van der Waals surface area contributed by atoms with Crippen LogP contribution in [0.1, 0.15) is 30.6 Å². The zero-order valence-corrected chi connectivity index (χ0v) is 13.5. The van der Waals surface area contributed by atoms with E-state index < -0.39 is 37.3 Å². The largest absolute Gasteiger partial charge is 0.478 e. The summed E-state index contributed by atoms with van der Waals surface area (Å²) in [6.45, 7) is 4.07. The number of nitrogens with zero attached hydrogens (tertiary/aromatic N) is 1. The summed E-state index contributed by atoms with van der Waals surface area (Å²) in [7, 11) is -2.60. The number of sulfonamides is 1. The van der Waals surface area contributed by atoms with Crippen molar-refractivity contribution in [2.45, 2.75) is 25.2 Å². The van der Waals surface area contributed by atoms with E-state index in [1.165, 1.54) is 7.05 Å². The third-order valence-electron chi connectivity index (χ3n) is 3.21. The third-order valence-corrected chi connectivity index (χ3v) is 5.39. The molecule has 1 atom stereocenters. The van der Waals surface area contributed by atoms with Gasteiger partial charge in [-0.25, -0.2) is 21.9 Å². The molecule has 0 aliphatic rings. The Labute approximate surface area is 128 Å². The zero-order chi connectivity index (χ0) is 16.4. The van der Waals surface area contributed by atoms with E-state index in [-0.39, 0.29) is 12.5 Å². The molecule has 1 aromatic carbocycles. The second kappa shape index (κ2) is 6.72. The Morgan fingerprint density at radius 2 is 2.05 bits per heavy atom. The van der Waals surface area contributed by atoms with Gasteiger partial charge in [-0.1, -0.05) is 31.9 Å². The van der Waals surface area contributed by atoms with Gasteiger partial charge in [0.25, 0.3) is 0 Å². The predicted molar refractivity (Wildman–Crippen MR) is 77.6 cm³/mol. The van der Waals surface area contributed by atoms with Crippen LogP contribution < -0.4 is 0 Å². The number of carbonyl (C=O) groups is 1. The Balaban J connectivity index is 3.29. The number of carboxylic acid groups (broad SMARTS) is 1. The third kappa shape index (κ3) is 3.93. The van der Waals surface area contributed by atoms with Crippen LogP contribution >= 0.6 is 11.6 Å². The van der Waals surface area contributed by atoms with Gasteiger partial charge in [0.05, 0.1) is 15.5 Å². The van der Waals surface area contributed by atoms with E-state index in [2.05, 4.69) is 0 Å². The number of halogens is 2. The van der Waals surface area contributed by atoms with E-state index in [1.54, 1.807) is 0 Å². The lowest BCUT2D eigenvalue weighted by molar-refractivity contribution is 0.0696. The molecule has 1 unspecified atom stereocenters. The number of rotatable bonds is 6. The van der Waals surface area contributed by atoms with Crippen molar-refractivity contribution in [3.05, 3.63) is 28.5 Å². The van der Waals surface area contributed by atoms with Crippen molar-refractivity contribution in [3.63, 3.8) is 0 Å². The molecule has 21 heavy (non-hydrogen) atoms. The summed E-state index contributed by atoms with van der Waals surface area (Å²) in [6, 6.07) is 1.60. The smallest absolute Gasteiger partial charge is 0.337 e. The molecule has 0 saturated carbocycles. The molecule has 5 nitrogen and oxygen atoms in total. The molecule has 0 amide bonds. The fraction of sp³-hybridized carbons (Fsp3) is 0.462. The lowest BCUT2D eigenvalue weighted by atomic mass is 10.1. The standard InChI is InChI=1S/C13H17ClFNO4S/c1-4-8(2)7-16(3)21(19,20)9-5-10(13(17)18)12(14)11(15)6-9/h5-6,8H,4,7H2,1-3H3,(H,17,18). The van der Waals surface area contributed by atoms with E-state index in [9.17, 15) is 17.6 Å². The van der Waals surface area contributed by atoms with Crippen LogP contribution in [-0.2, 0) is 10.0 Å². The molecule has 1 aromatic rings. The fourth-order valence-electron chi connectivity index (χ4n) is 1.71. The van der Waals surface area contributed by atoms with Crippen molar-refractivity contribution >= 4 is 27.6 Å². The van der Waals surface area contributed by atoms with Gasteiger partial charge in [0.1, 0.15) is 5.82 Å². The highest BCUT2D eigenvalue weighted by Crippen LogP contribution is 2.26. The SMILES string of the molecule is CCC(C)CN(C)S(=O)(=O)c1cc(F)c(Cl)c(C(=O)O)c1. The summed E-state index contributed by atoms with van der Waals surface area (Å²) >= 11 is 5.53. The van der Waals surface area contributed by atoms with Crippen LogP contribution in [0.3, 0.4) is 0 Å². The van der Waals surface area contributed by atoms with E-state index in [0.29, 0.717) is 0 Å². The average molecular weight is 338 g/mol. The molecule has 1 rings (SSSR count). The van der Waals surface area contributed by atoms with Crippen LogP contribution in [0, 0.1) is 11.7 Å². The highest BCUT2D eigenvalue weighted by atomic mass is 35.5. The molecule has 0 fully saturated rings. The number of aromatic carboxylic acids is 1. The quantitative estimate of drug-likeness (QED) is 0.866. The number of carboxylic acids is 1. The predicted octanol–water partition coefficient (Wildman–Crippen LogP) is 2.84. The molecule has 0 aliphatic carbocycles. The average Bonchev–Trinajstić information content (AvgIpc) is 2.40. The summed E-state index contributed by atoms with van der Waals surface area (Å²) in [5.74, 6) is -2.44. The molecule has 0 radical (unpaired) electrons. The minimum atomic E-state index is -3.97. The molecular weight excluding hydrogens is 321 g/mol. The number of hydrogen-bond acceptors (Lipinski definition) is 3. The number of benzene rings is 1. The Morgan fingerprint density at radius 3 is 2.52 bits per heavy atom. The molecule has 118 valence electrons. The molecule has 0 heterocycles. The van der Waals surface area contributed by atoms with Crippen LogP contribution in [-0.4, -0.2) is 37.4 Å². The maximum atomic E-state index is 13.6. The number of hydrogen-bond donors (Lipinski definition) is 1. The minimum Gasteiger partial charge on any atom is -0.478 e. The topological polar surface area (TPSA) is 74.7 Å². The van der Waals surface area contributed by atoms with Crippen LogP contribution in [0.5, 0.6) is 0 Å². The summed E-state index contributed by atoms with van der Waals surface area (Å²) in [5.41, 5.74) is -0.577. The van der Waals surface area contributed by atoms with Gasteiger partial charge >= 0.3 is 5.97 Å². The van der Waals surface area contributed by atoms with Gasteiger partial charge in [0.2, 0.25) is 10.0 Å². The Hall–Kier alpha value is -1.18. The maximum absolute atomic E-state index is 13.6. The molecule has 8 heteroatoms. The first-order valence-corrected chi connectivity index (χ1v) is 8.11. The molecular formula is C13H17ClFNO4S. The summed E-state index contributed by atoms with van der Waals surface area (Å²) in [5, 5.41) is 8.34. The van der Waals surface area contributed by atoms with Gasteiger partial charge in [0, 0.05) is 13.6 Å². The molecule has 0 bridgehead atoms. The maximum Gasteiger partial charge on any atom is 0.337 e. The monoisotopic (exact) mass is 337 g/mol. The molecule has 1 N–H and O–H groups in total. The Morgan fingerprint density at radius 1 is 1.48 bits per heavy atom. The minimum absolute atomic E-state index is 0.126. The molecule has 0 aliphatic heterocycles. The van der Waals surface area contributed by atoms with Gasteiger partial charge in [-0.15, -0.1) is 0 Å².